The summed E-state index contributed by atoms with van der Waals surface area (Å²) in [4.78, 5) is 0. The Labute approximate surface area is 67.3 Å². The van der Waals surface area contributed by atoms with Crippen molar-refractivity contribution >= 4 is 37.2 Å². The monoisotopic (exact) mass is 258 g/mol. The van der Waals surface area contributed by atoms with Gasteiger partial charge in [0.1, 0.15) is 0 Å². The molecule has 0 unspecified atom stereocenters. The molecule has 0 rings (SSSR count). The van der Waals surface area contributed by atoms with Crippen molar-refractivity contribution in [3.8, 4) is 0 Å². The average Bonchev–Trinajstić information content (AvgIpc) is 0.811. The van der Waals surface area contributed by atoms with E-state index in [0.29, 0.717) is 0 Å². The van der Waals surface area contributed by atoms with Crippen molar-refractivity contribution in [3.63, 3.8) is 0 Å². The van der Waals surface area contributed by atoms with E-state index in [2.05, 4.69) is 0 Å². The molecule has 3 nitrogen and oxygen atoms in total. The molecule has 0 atom stereocenters. The first kappa shape index (κ1) is 15.7. The molecule has 0 aliphatic rings. The van der Waals surface area contributed by atoms with Crippen LogP contribution < -0.4 is 0 Å². The van der Waals surface area contributed by atoms with Crippen molar-refractivity contribution in [1.82, 2.24) is 0 Å². The van der Waals surface area contributed by atoms with E-state index in [9.17, 15) is 0 Å². The number of rotatable bonds is 0. The van der Waals surface area contributed by atoms with Gasteiger partial charge in [-0.15, -0.1) is 11.4 Å². The fraction of sp³-hybridized carbons (Fsp3) is 0. The van der Waals surface area contributed by atoms with Gasteiger partial charge in [0.05, 0.1) is 0 Å². The average molecular weight is 258 g/mol. The van der Waals surface area contributed by atoms with Crippen LogP contribution in [0.15, 0.2) is 0 Å². The summed E-state index contributed by atoms with van der Waals surface area (Å²) in [5.41, 5.74) is 0. The zero-order valence-corrected chi connectivity index (χ0v) is 7.57. The van der Waals surface area contributed by atoms with Crippen LogP contribution in [0.3, 0.4) is 0 Å². The van der Waals surface area contributed by atoms with Gasteiger partial charge in [-0.2, -0.15) is 0 Å². The Morgan fingerprint density at radius 1 is 1.33 bits per heavy atom. The summed E-state index contributed by atoms with van der Waals surface area (Å²) < 4.78 is 25.3. The molecule has 0 aliphatic heterocycles. The molecule has 6 heavy (non-hydrogen) atoms. The minimum Gasteiger partial charge on any atom is -0.784 e. The van der Waals surface area contributed by atoms with Gasteiger partial charge in [0.25, 0.3) is 0 Å². The van der Waals surface area contributed by atoms with Crippen molar-refractivity contribution in [2.24, 2.45) is 0 Å². The van der Waals surface area contributed by atoms with Crippen molar-refractivity contribution in [2.75, 3.05) is 0 Å². The molecular formula is CuInO3S+3. The van der Waals surface area contributed by atoms with Crippen molar-refractivity contribution in [2.45, 2.75) is 0 Å². The van der Waals surface area contributed by atoms with Crippen LogP contribution in [0.25, 0.3) is 0 Å². The van der Waals surface area contributed by atoms with Gasteiger partial charge in [-0.1, -0.05) is 0 Å². The normalized spacial score (nSPS) is 5.83. The Morgan fingerprint density at radius 2 is 1.33 bits per heavy atom. The second-order valence-corrected chi connectivity index (χ2v) is 0.612. The minimum absolute atomic E-state index is 0. The molecule has 0 saturated heterocycles. The molecule has 0 N–H and O–H groups in total. The van der Waals surface area contributed by atoms with Crippen LogP contribution >= 0.6 is 0 Å². The molecule has 0 amide bonds. The molecule has 0 fully saturated rings. The summed E-state index contributed by atoms with van der Waals surface area (Å²) >= 11 is -3.11. The maximum Gasteiger partial charge on any atom is 3.00 e. The second kappa shape index (κ2) is 9.68. The second-order valence-electron chi connectivity index (χ2n) is 0.204. The summed E-state index contributed by atoms with van der Waals surface area (Å²) in [6, 6.07) is 0. The smallest absolute Gasteiger partial charge is 0.784 e. The molecule has 1 radical (unpaired) electrons. The van der Waals surface area contributed by atoms with Gasteiger partial charge in [0.2, 0.25) is 0 Å². The summed E-state index contributed by atoms with van der Waals surface area (Å²) in [5.74, 6) is 0. The van der Waals surface area contributed by atoms with Gasteiger partial charge in [-0.25, -0.2) is 0 Å². The third kappa shape index (κ3) is 51.0. The molecule has 0 saturated carbocycles. The predicted molar refractivity (Wildman–Crippen MR) is 15.5 cm³/mol. The minimum atomic E-state index is -3.11. The van der Waals surface area contributed by atoms with Crippen LogP contribution in [0.1, 0.15) is 0 Å². The SMILES string of the molecule is O=S([O-])[O-].[Cu+2].[In+3]. The van der Waals surface area contributed by atoms with E-state index in [1.807, 2.05) is 0 Å². The predicted octanol–water partition coefficient (Wildman–Crippen LogP) is -1.39. The Hall–Kier alpha value is 1.46. The van der Waals surface area contributed by atoms with E-state index in [0.717, 1.165) is 0 Å². The third-order valence-electron chi connectivity index (χ3n) is 0. The zero-order valence-electron chi connectivity index (χ0n) is 2.51. The van der Waals surface area contributed by atoms with Gasteiger partial charge in [-0.3, -0.25) is 4.21 Å². The first-order valence-electron chi connectivity index (χ1n) is 0.500. The topological polar surface area (TPSA) is 63.2 Å². The van der Waals surface area contributed by atoms with E-state index in [4.69, 9.17) is 13.3 Å². The van der Waals surface area contributed by atoms with Crippen LogP contribution in [0.4, 0.5) is 0 Å². The van der Waals surface area contributed by atoms with Gasteiger partial charge < -0.3 is 9.11 Å². The molecule has 0 spiro atoms. The molecule has 35 valence electrons. The van der Waals surface area contributed by atoms with E-state index in [-0.39, 0.29) is 42.9 Å². The van der Waals surface area contributed by atoms with Crippen LogP contribution in [0, 0.1) is 0 Å². The molecule has 0 bridgehead atoms. The molecule has 0 aromatic rings. The van der Waals surface area contributed by atoms with Crippen LogP contribution in [0.5, 0.6) is 0 Å². The third-order valence-corrected chi connectivity index (χ3v) is 0. The first-order chi connectivity index (χ1) is 1.73. The van der Waals surface area contributed by atoms with Crippen molar-refractivity contribution in [1.29, 1.82) is 0 Å². The fourth-order valence-electron chi connectivity index (χ4n) is 0. The summed E-state index contributed by atoms with van der Waals surface area (Å²) in [6.07, 6.45) is 0. The van der Waals surface area contributed by atoms with Gasteiger partial charge in [-0.05, 0) is 0 Å². The molecule has 0 heterocycles. The summed E-state index contributed by atoms with van der Waals surface area (Å²) in [6.45, 7) is 0. The Balaban J connectivity index is -0.0000000450. The molecule has 0 aromatic heterocycles. The van der Waals surface area contributed by atoms with Gasteiger partial charge in [0, 0.05) is 0 Å². The van der Waals surface area contributed by atoms with Crippen LogP contribution in [-0.4, -0.2) is 39.2 Å². The Bertz CT molecular complexity index is 33.8. The Kier molecular flexibility index (Phi) is 25.3. The first-order valence-corrected chi connectivity index (χ1v) is 1.50. The maximum atomic E-state index is 8.44. The van der Waals surface area contributed by atoms with E-state index in [1.165, 1.54) is 0 Å². The van der Waals surface area contributed by atoms with Crippen molar-refractivity contribution in [3.05, 3.63) is 0 Å². The summed E-state index contributed by atoms with van der Waals surface area (Å²) in [7, 11) is 0. The molecule has 0 aliphatic carbocycles. The number of hydrogen-bond donors (Lipinski definition) is 0. The van der Waals surface area contributed by atoms with E-state index < -0.39 is 11.4 Å². The zero-order chi connectivity index (χ0) is 3.58. The fourth-order valence-corrected chi connectivity index (χ4v) is 0. The maximum absolute atomic E-state index is 8.44. The quantitative estimate of drug-likeness (QED) is 0.397. The molecular weight excluding hydrogens is 258 g/mol. The number of hydrogen-bond acceptors (Lipinski definition) is 3. The molecule has 0 aromatic carbocycles. The van der Waals surface area contributed by atoms with E-state index in [1.54, 1.807) is 0 Å². The van der Waals surface area contributed by atoms with Crippen LogP contribution in [-0.2, 0) is 28.4 Å². The van der Waals surface area contributed by atoms with Crippen LogP contribution in [0.2, 0.25) is 0 Å². The summed E-state index contributed by atoms with van der Waals surface area (Å²) in [5, 5.41) is 0. The van der Waals surface area contributed by atoms with E-state index >= 15 is 0 Å². The Morgan fingerprint density at radius 3 is 1.33 bits per heavy atom. The molecule has 6 heteroatoms. The van der Waals surface area contributed by atoms with Gasteiger partial charge in [0.15, 0.2) is 0 Å². The standard InChI is InChI=1S/Cu.In.H2O3S/c;;1-4(2)3/h;;(H2,1,2,3)/q+2;+3;/p-2. The largest absolute Gasteiger partial charge is 3.00 e. The van der Waals surface area contributed by atoms with Gasteiger partial charge >= 0.3 is 42.9 Å². The van der Waals surface area contributed by atoms with Crippen molar-refractivity contribution < 1.29 is 30.4 Å².